The lowest BCUT2D eigenvalue weighted by molar-refractivity contribution is 0.522. The molecule has 2 aromatic rings. The Bertz CT molecular complexity index is 684. The number of hydrogen-bond acceptors (Lipinski definition) is 2. The fourth-order valence-corrected chi connectivity index (χ4v) is 2.48. The molecule has 0 unspecified atom stereocenters. The number of nitrogens with zero attached hydrogens (tertiary/aromatic N) is 3. The monoisotopic (exact) mass is 305 g/mol. The number of benzene rings is 1. The van der Waals surface area contributed by atoms with E-state index >= 15 is 0 Å². The molecule has 1 aromatic carbocycles. The van der Waals surface area contributed by atoms with Gasteiger partial charge < -0.3 is 15.6 Å². The second kappa shape index (κ2) is 6.13. The number of nitrogens with two attached hydrogens (primary N) is 1. The number of halogens is 2. The topological polar surface area (TPSA) is 68.2 Å². The third-order valence-corrected chi connectivity index (χ3v) is 3.56. The predicted octanol–water partition coefficient (Wildman–Crippen LogP) is 2.42. The second-order valence-corrected chi connectivity index (χ2v) is 5.25. The maximum atomic E-state index is 13.5. The van der Waals surface area contributed by atoms with Crippen molar-refractivity contribution in [3.05, 3.63) is 47.5 Å². The highest BCUT2D eigenvalue weighted by Crippen LogP contribution is 2.16. The highest BCUT2D eigenvalue weighted by atomic mass is 19.1. The van der Waals surface area contributed by atoms with Crippen molar-refractivity contribution >= 4 is 11.6 Å². The van der Waals surface area contributed by atoms with Gasteiger partial charge in [0.05, 0.1) is 17.9 Å². The van der Waals surface area contributed by atoms with Crippen molar-refractivity contribution in [3.63, 3.8) is 0 Å². The van der Waals surface area contributed by atoms with Crippen molar-refractivity contribution in [2.45, 2.75) is 32.4 Å². The van der Waals surface area contributed by atoms with Crippen LogP contribution in [0, 0.1) is 11.6 Å². The summed E-state index contributed by atoms with van der Waals surface area (Å²) in [5.74, 6) is -0.0369. The van der Waals surface area contributed by atoms with Crippen molar-refractivity contribution in [2.24, 2.45) is 10.7 Å². The number of aromatic nitrogens is 2. The van der Waals surface area contributed by atoms with E-state index in [9.17, 15) is 8.78 Å². The molecule has 3 N–H and O–H groups in total. The van der Waals surface area contributed by atoms with E-state index in [1.807, 2.05) is 6.20 Å². The number of anilines is 1. The SMILES string of the molecule is NC(=NCc1cn2c(n1)CCCC2)Nc1cc(F)ccc1F. The van der Waals surface area contributed by atoms with Gasteiger partial charge in [-0.1, -0.05) is 0 Å². The fraction of sp³-hybridized carbons (Fsp3) is 0.333. The van der Waals surface area contributed by atoms with Crippen LogP contribution in [0.4, 0.5) is 14.5 Å². The van der Waals surface area contributed by atoms with E-state index in [0.717, 1.165) is 55.5 Å². The lowest BCUT2D eigenvalue weighted by Gasteiger charge is -2.11. The van der Waals surface area contributed by atoms with Crippen LogP contribution in [0.15, 0.2) is 29.4 Å². The summed E-state index contributed by atoms with van der Waals surface area (Å²) in [5.41, 5.74) is 6.49. The zero-order valence-corrected chi connectivity index (χ0v) is 12.0. The number of aliphatic imine (C=N–C) groups is 1. The number of hydrogen-bond donors (Lipinski definition) is 2. The molecule has 0 aliphatic carbocycles. The quantitative estimate of drug-likeness (QED) is 0.676. The third-order valence-electron chi connectivity index (χ3n) is 3.56. The maximum Gasteiger partial charge on any atom is 0.193 e. The van der Waals surface area contributed by atoms with Crippen molar-refractivity contribution < 1.29 is 8.78 Å². The molecule has 2 heterocycles. The first-order valence-corrected chi connectivity index (χ1v) is 7.19. The molecular weight excluding hydrogens is 288 g/mol. The molecule has 0 bridgehead atoms. The molecule has 0 amide bonds. The normalized spacial score (nSPS) is 14.7. The van der Waals surface area contributed by atoms with Crippen LogP contribution < -0.4 is 11.1 Å². The van der Waals surface area contributed by atoms with Gasteiger partial charge in [-0.3, -0.25) is 0 Å². The summed E-state index contributed by atoms with van der Waals surface area (Å²) in [6.45, 7) is 1.28. The molecule has 0 spiro atoms. The highest BCUT2D eigenvalue weighted by Gasteiger charge is 2.12. The number of aryl methyl sites for hydroxylation is 2. The Morgan fingerprint density at radius 2 is 2.23 bits per heavy atom. The molecule has 0 saturated carbocycles. The first-order chi connectivity index (χ1) is 10.6. The predicted molar refractivity (Wildman–Crippen MR) is 80.5 cm³/mol. The van der Waals surface area contributed by atoms with Gasteiger partial charge in [-0.05, 0) is 25.0 Å². The molecule has 1 aliphatic heterocycles. The van der Waals surface area contributed by atoms with Crippen LogP contribution in [0.3, 0.4) is 0 Å². The summed E-state index contributed by atoms with van der Waals surface area (Å²) in [6.07, 6.45) is 5.26. The number of guanidine groups is 1. The van der Waals surface area contributed by atoms with E-state index in [0.29, 0.717) is 6.54 Å². The zero-order valence-electron chi connectivity index (χ0n) is 12.0. The Kier molecular flexibility index (Phi) is 4.04. The van der Waals surface area contributed by atoms with E-state index in [1.54, 1.807) is 0 Å². The van der Waals surface area contributed by atoms with Crippen molar-refractivity contribution in [1.82, 2.24) is 9.55 Å². The van der Waals surface area contributed by atoms with Crippen molar-refractivity contribution in [2.75, 3.05) is 5.32 Å². The fourth-order valence-electron chi connectivity index (χ4n) is 2.48. The van der Waals surface area contributed by atoms with E-state index in [2.05, 4.69) is 19.9 Å². The molecule has 5 nitrogen and oxygen atoms in total. The van der Waals surface area contributed by atoms with Gasteiger partial charge in [0.1, 0.15) is 17.5 Å². The van der Waals surface area contributed by atoms with Crippen LogP contribution in [0.1, 0.15) is 24.4 Å². The van der Waals surface area contributed by atoms with Crippen LogP contribution in [0.5, 0.6) is 0 Å². The van der Waals surface area contributed by atoms with Gasteiger partial charge in [0, 0.05) is 25.2 Å². The van der Waals surface area contributed by atoms with Crippen LogP contribution in [0.2, 0.25) is 0 Å². The smallest absolute Gasteiger partial charge is 0.193 e. The highest BCUT2D eigenvalue weighted by molar-refractivity contribution is 5.92. The molecule has 116 valence electrons. The van der Waals surface area contributed by atoms with Crippen LogP contribution in [-0.4, -0.2) is 15.5 Å². The van der Waals surface area contributed by atoms with Gasteiger partial charge in [0.15, 0.2) is 5.96 Å². The molecule has 1 aromatic heterocycles. The van der Waals surface area contributed by atoms with Gasteiger partial charge >= 0.3 is 0 Å². The molecule has 3 rings (SSSR count). The Morgan fingerprint density at radius 1 is 1.36 bits per heavy atom. The molecule has 22 heavy (non-hydrogen) atoms. The molecule has 0 fully saturated rings. The summed E-state index contributed by atoms with van der Waals surface area (Å²) in [6, 6.07) is 3.12. The average molecular weight is 305 g/mol. The third kappa shape index (κ3) is 3.24. The first-order valence-electron chi connectivity index (χ1n) is 7.19. The van der Waals surface area contributed by atoms with Crippen LogP contribution in [-0.2, 0) is 19.5 Å². The molecule has 0 atom stereocenters. The summed E-state index contributed by atoms with van der Waals surface area (Å²) in [4.78, 5) is 8.62. The number of rotatable bonds is 3. The molecule has 0 saturated heterocycles. The van der Waals surface area contributed by atoms with Crippen molar-refractivity contribution in [1.29, 1.82) is 0 Å². The first kappa shape index (κ1) is 14.5. The van der Waals surface area contributed by atoms with E-state index in [-0.39, 0.29) is 11.6 Å². The lowest BCUT2D eigenvalue weighted by atomic mass is 10.2. The second-order valence-electron chi connectivity index (χ2n) is 5.25. The van der Waals surface area contributed by atoms with Crippen LogP contribution in [0.25, 0.3) is 0 Å². The average Bonchev–Trinajstić information content (AvgIpc) is 2.92. The van der Waals surface area contributed by atoms with Gasteiger partial charge in [0.2, 0.25) is 0 Å². The van der Waals surface area contributed by atoms with E-state index < -0.39 is 11.6 Å². The Balaban J connectivity index is 1.67. The number of imidazole rings is 1. The number of fused-ring (bicyclic) bond motifs is 1. The van der Waals surface area contributed by atoms with Crippen molar-refractivity contribution in [3.8, 4) is 0 Å². The summed E-state index contributed by atoms with van der Waals surface area (Å²) in [7, 11) is 0. The molecular formula is C15H17F2N5. The largest absolute Gasteiger partial charge is 0.370 e. The van der Waals surface area contributed by atoms with Gasteiger partial charge in [-0.2, -0.15) is 0 Å². The standard InChI is InChI=1S/C15H17F2N5/c16-10-4-5-12(17)13(7-10)21-15(18)19-8-11-9-22-6-2-1-3-14(22)20-11/h4-5,7,9H,1-3,6,8H2,(H3,18,19,21). The van der Waals surface area contributed by atoms with Gasteiger partial charge in [-0.25, -0.2) is 18.8 Å². The Morgan fingerprint density at radius 3 is 3.05 bits per heavy atom. The molecule has 0 radical (unpaired) electrons. The summed E-state index contributed by atoms with van der Waals surface area (Å²) < 4.78 is 28.7. The lowest BCUT2D eigenvalue weighted by Crippen LogP contribution is -2.23. The van der Waals surface area contributed by atoms with Crippen LogP contribution >= 0.6 is 0 Å². The molecule has 7 heteroatoms. The minimum absolute atomic E-state index is 0.0236. The minimum Gasteiger partial charge on any atom is -0.370 e. The zero-order chi connectivity index (χ0) is 15.5. The summed E-state index contributed by atoms with van der Waals surface area (Å²) in [5, 5.41) is 2.56. The Labute approximate surface area is 126 Å². The van der Waals surface area contributed by atoms with Gasteiger partial charge in [-0.15, -0.1) is 0 Å². The van der Waals surface area contributed by atoms with E-state index in [4.69, 9.17) is 5.73 Å². The number of nitrogens with one attached hydrogen (secondary N) is 1. The molecule has 1 aliphatic rings. The summed E-state index contributed by atoms with van der Waals surface area (Å²) >= 11 is 0. The van der Waals surface area contributed by atoms with Gasteiger partial charge in [0.25, 0.3) is 0 Å². The minimum atomic E-state index is -0.586. The maximum absolute atomic E-state index is 13.5. The Hall–Kier alpha value is -2.44. The van der Waals surface area contributed by atoms with E-state index in [1.165, 1.54) is 0 Å².